The summed E-state index contributed by atoms with van der Waals surface area (Å²) in [5, 5.41) is 1.81. The molecule has 128 valence electrons. The lowest BCUT2D eigenvalue weighted by molar-refractivity contribution is 0.825. The molecule has 0 radical (unpaired) electrons. The number of hydrogen-bond donors (Lipinski definition) is 0. The fourth-order valence-corrected chi connectivity index (χ4v) is 3.57. The molecule has 0 aliphatic heterocycles. The Morgan fingerprint density at radius 3 is 2.65 bits per heavy atom. The van der Waals surface area contributed by atoms with Gasteiger partial charge in [0, 0.05) is 47.3 Å². The van der Waals surface area contributed by atoms with E-state index in [1.165, 1.54) is 18.4 Å². The minimum Gasteiger partial charge on any atom is -0.327 e. The number of aromatic nitrogens is 4. The standard InChI is InChI=1S/C21H17ClN4/c22-17-4-1-3-14(9-17)12-26-13-19(18-5-2-8-23-21(18)26)20-24-10-16(11-25-20)15-6-7-15/h1-5,8-11,13,15H,6-7,12H2. The second kappa shape index (κ2) is 6.22. The lowest BCUT2D eigenvalue weighted by Crippen LogP contribution is -1.98. The van der Waals surface area contributed by atoms with E-state index < -0.39 is 0 Å². The summed E-state index contributed by atoms with van der Waals surface area (Å²) >= 11 is 6.13. The molecule has 4 nitrogen and oxygen atoms in total. The molecule has 1 aliphatic rings. The molecule has 0 saturated heterocycles. The normalized spacial score (nSPS) is 14.0. The van der Waals surface area contributed by atoms with Gasteiger partial charge in [0.25, 0.3) is 0 Å². The summed E-state index contributed by atoms with van der Waals surface area (Å²) in [5.74, 6) is 1.41. The highest BCUT2D eigenvalue weighted by Gasteiger charge is 2.24. The summed E-state index contributed by atoms with van der Waals surface area (Å²) < 4.78 is 2.13. The van der Waals surface area contributed by atoms with Gasteiger partial charge >= 0.3 is 0 Å². The van der Waals surface area contributed by atoms with E-state index in [1.54, 1.807) is 0 Å². The van der Waals surface area contributed by atoms with Crippen molar-refractivity contribution >= 4 is 22.6 Å². The fraction of sp³-hybridized carbons (Fsp3) is 0.190. The second-order valence-electron chi connectivity index (χ2n) is 6.79. The highest BCUT2D eigenvalue weighted by molar-refractivity contribution is 6.30. The number of hydrogen-bond acceptors (Lipinski definition) is 3. The molecular formula is C21H17ClN4. The largest absolute Gasteiger partial charge is 0.327 e. The van der Waals surface area contributed by atoms with E-state index in [0.29, 0.717) is 12.5 Å². The maximum absolute atomic E-state index is 6.13. The third-order valence-electron chi connectivity index (χ3n) is 4.84. The maximum Gasteiger partial charge on any atom is 0.161 e. The van der Waals surface area contributed by atoms with E-state index in [2.05, 4.69) is 37.8 Å². The van der Waals surface area contributed by atoms with E-state index in [1.807, 2.05) is 42.9 Å². The molecule has 3 heterocycles. The van der Waals surface area contributed by atoms with Crippen molar-refractivity contribution in [2.75, 3.05) is 0 Å². The zero-order valence-electron chi connectivity index (χ0n) is 14.1. The van der Waals surface area contributed by atoms with Crippen LogP contribution in [-0.2, 0) is 6.54 Å². The van der Waals surface area contributed by atoms with Crippen LogP contribution in [0.1, 0.15) is 29.9 Å². The zero-order valence-corrected chi connectivity index (χ0v) is 14.9. The molecule has 0 amide bonds. The quantitative estimate of drug-likeness (QED) is 0.510. The zero-order chi connectivity index (χ0) is 17.5. The molecule has 0 unspecified atom stereocenters. The van der Waals surface area contributed by atoms with E-state index in [-0.39, 0.29) is 0 Å². The Kier molecular flexibility index (Phi) is 3.71. The van der Waals surface area contributed by atoms with E-state index in [9.17, 15) is 0 Å². The molecule has 0 spiro atoms. The van der Waals surface area contributed by atoms with Crippen LogP contribution >= 0.6 is 11.6 Å². The highest BCUT2D eigenvalue weighted by Crippen LogP contribution is 2.39. The van der Waals surface area contributed by atoms with E-state index >= 15 is 0 Å². The van der Waals surface area contributed by atoms with E-state index in [4.69, 9.17) is 11.6 Å². The SMILES string of the molecule is Clc1cccc(Cn2cc(-c3ncc(C4CC4)cn3)c3cccnc32)c1. The van der Waals surface area contributed by atoms with Gasteiger partial charge in [-0.3, -0.25) is 0 Å². The summed E-state index contributed by atoms with van der Waals surface area (Å²) in [6.45, 7) is 0.703. The Labute approximate surface area is 156 Å². The molecule has 26 heavy (non-hydrogen) atoms. The second-order valence-corrected chi connectivity index (χ2v) is 7.23. The highest BCUT2D eigenvalue weighted by atomic mass is 35.5. The molecule has 1 aromatic carbocycles. The van der Waals surface area contributed by atoms with Crippen LogP contribution in [0.5, 0.6) is 0 Å². The summed E-state index contributed by atoms with van der Waals surface area (Å²) in [4.78, 5) is 13.8. The number of pyridine rings is 1. The Morgan fingerprint density at radius 1 is 1.04 bits per heavy atom. The van der Waals surface area contributed by atoms with Gasteiger partial charge in [-0.15, -0.1) is 0 Å². The maximum atomic E-state index is 6.13. The average molecular weight is 361 g/mol. The first-order valence-corrected chi connectivity index (χ1v) is 9.16. The van der Waals surface area contributed by atoms with Gasteiger partial charge < -0.3 is 4.57 Å². The number of halogens is 1. The molecule has 1 saturated carbocycles. The van der Waals surface area contributed by atoms with Gasteiger partial charge in [-0.2, -0.15) is 0 Å². The van der Waals surface area contributed by atoms with Crippen molar-refractivity contribution in [3.05, 3.63) is 77.3 Å². The van der Waals surface area contributed by atoms with Gasteiger partial charge in [0.05, 0.1) is 0 Å². The third kappa shape index (κ3) is 2.86. The molecular weight excluding hydrogens is 344 g/mol. The summed E-state index contributed by atoms with van der Waals surface area (Å²) in [6, 6.07) is 11.9. The lowest BCUT2D eigenvalue weighted by Gasteiger charge is -2.05. The van der Waals surface area contributed by atoms with Crippen LogP contribution in [0.15, 0.2) is 61.2 Å². The number of benzene rings is 1. The molecule has 0 N–H and O–H groups in total. The van der Waals surface area contributed by atoms with Crippen molar-refractivity contribution in [3.8, 4) is 11.4 Å². The van der Waals surface area contributed by atoms with Crippen molar-refractivity contribution in [2.24, 2.45) is 0 Å². The number of fused-ring (bicyclic) bond motifs is 1. The first-order valence-electron chi connectivity index (χ1n) is 8.78. The van der Waals surface area contributed by atoms with Crippen LogP contribution in [0.4, 0.5) is 0 Å². The number of nitrogens with zero attached hydrogens (tertiary/aromatic N) is 4. The minimum atomic E-state index is 0.662. The predicted octanol–water partition coefficient (Wildman–Crippen LogP) is 5.07. The summed E-state index contributed by atoms with van der Waals surface area (Å²) in [5.41, 5.74) is 4.32. The Morgan fingerprint density at radius 2 is 1.88 bits per heavy atom. The smallest absolute Gasteiger partial charge is 0.161 e. The average Bonchev–Trinajstić information content (AvgIpc) is 3.45. The fourth-order valence-electron chi connectivity index (χ4n) is 3.36. The van der Waals surface area contributed by atoms with Gasteiger partial charge in [-0.1, -0.05) is 23.7 Å². The monoisotopic (exact) mass is 360 g/mol. The summed E-state index contributed by atoms with van der Waals surface area (Å²) in [7, 11) is 0. The van der Waals surface area contributed by atoms with Gasteiger partial charge in [0.2, 0.25) is 0 Å². The van der Waals surface area contributed by atoms with Crippen molar-refractivity contribution < 1.29 is 0 Å². The molecule has 1 fully saturated rings. The minimum absolute atomic E-state index is 0.662. The predicted molar refractivity (Wildman–Crippen MR) is 103 cm³/mol. The third-order valence-corrected chi connectivity index (χ3v) is 5.07. The first-order chi connectivity index (χ1) is 12.8. The van der Waals surface area contributed by atoms with Gasteiger partial charge in [0.1, 0.15) is 5.65 Å². The van der Waals surface area contributed by atoms with Crippen LogP contribution in [0.2, 0.25) is 5.02 Å². The van der Waals surface area contributed by atoms with Gasteiger partial charge in [-0.05, 0) is 54.2 Å². The molecule has 0 bridgehead atoms. The first kappa shape index (κ1) is 15.5. The number of rotatable bonds is 4. The molecule has 0 atom stereocenters. The van der Waals surface area contributed by atoms with Gasteiger partial charge in [-0.25, -0.2) is 15.0 Å². The van der Waals surface area contributed by atoms with Crippen LogP contribution in [0.25, 0.3) is 22.4 Å². The van der Waals surface area contributed by atoms with Crippen molar-refractivity contribution in [2.45, 2.75) is 25.3 Å². The Bertz CT molecular complexity index is 1080. The summed E-state index contributed by atoms with van der Waals surface area (Å²) in [6.07, 6.45) is 10.4. The van der Waals surface area contributed by atoms with E-state index in [0.717, 1.165) is 33.0 Å². The van der Waals surface area contributed by atoms with Crippen LogP contribution < -0.4 is 0 Å². The Balaban J connectivity index is 1.57. The van der Waals surface area contributed by atoms with Crippen molar-refractivity contribution in [1.29, 1.82) is 0 Å². The Hall–Kier alpha value is -2.72. The van der Waals surface area contributed by atoms with Crippen molar-refractivity contribution in [1.82, 2.24) is 19.5 Å². The van der Waals surface area contributed by atoms with Crippen LogP contribution in [0.3, 0.4) is 0 Å². The lowest BCUT2D eigenvalue weighted by atomic mass is 10.2. The molecule has 1 aliphatic carbocycles. The van der Waals surface area contributed by atoms with Gasteiger partial charge in [0.15, 0.2) is 5.82 Å². The molecule has 5 rings (SSSR count). The molecule has 5 heteroatoms. The topological polar surface area (TPSA) is 43.6 Å². The van der Waals surface area contributed by atoms with Crippen LogP contribution in [0, 0.1) is 0 Å². The van der Waals surface area contributed by atoms with Crippen molar-refractivity contribution in [3.63, 3.8) is 0 Å². The van der Waals surface area contributed by atoms with Crippen LogP contribution in [-0.4, -0.2) is 19.5 Å². The molecule has 3 aromatic heterocycles. The molecule has 4 aromatic rings.